The number of nitrogen functional groups attached to an aromatic ring is 1. The maximum Gasteiger partial charge on any atom is 0.168 e. The average Bonchev–Trinajstić information content (AvgIpc) is 2.33. The number of hydrogen-bond donors (Lipinski definition) is 2. The zero-order chi connectivity index (χ0) is 11.5. The van der Waals surface area contributed by atoms with Gasteiger partial charge >= 0.3 is 0 Å². The van der Waals surface area contributed by atoms with Crippen molar-refractivity contribution < 1.29 is 8.78 Å². The lowest BCUT2D eigenvalue weighted by molar-refractivity contribution is 0.511. The Kier molecular flexibility index (Phi) is 2.74. The molecule has 0 unspecified atom stereocenters. The van der Waals surface area contributed by atoms with Crippen LogP contribution in [0.2, 0.25) is 0 Å². The van der Waals surface area contributed by atoms with Gasteiger partial charge in [-0.05, 0) is 12.1 Å². The first kappa shape index (κ1) is 10.4. The smallest absolute Gasteiger partial charge is 0.168 e. The van der Waals surface area contributed by atoms with Crippen LogP contribution in [0.15, 0.2) is 30.6 Å². The van der Waals surface area contributed by atoms with Crippen LogP contribution >= 0.6 is 0 Å². The highest BCUT2D eigenvalue weighted by atomic mass is 19.2. The summed E-state index contributed by atoms with van der Waals surface area (Å²) in [4.78, 5) is 7.77. The minimum atomic E-state index is -0.940. The number of nitrogens with one attached hydrogen (secondary N) is 1. The zero-order valence-corrected chi connectivity index (χ0v) is 8.11. The number of halogens is 2. The van der Waals surface area contributed by atoms with E-state index in [-0.39, 0.29) is 11.3 Å². The van der Waals surface area contributed by atoms with E-state index < -0.39 is 11.6 Å². The van der Waals surface area contributed by atoms with E-state index in [0.29, 0.717) is 5.82 Å². The van der Waals surface area contributed by atoms with Gasteiger partial charge in [0.15, 0.2) is 17.5 Å². The number of hydrogen-bond acceptors (Lipinski definition) is 4. The van der Waals surface area contributed by atoms with Crippen molar-refractivity contribution >= 4 is 5.82 Å². The van der Waals surface area contributed by atoms with E-state index in [9.17, 15) is 8.78 Å². The number of anilines is 1. The Morgan fingerprint density at radius 1 is 1.12 bits per heavy atom. The van der Waals surface area contributed by atoms with Gasteiger partial charge < -0.3 is 5.43 Å². The molecule has 1 aromatic carbocycles. The summed E-state index contributed by atoms with van der Waals surface area (Å²) in [5.41, 5.74) is 2.60. The van der Waals surface area contributed by atoms with Crippen LogP contribution < -0.4 is 11.3 Å². The third-order valence-corrected chi connectivity index (χ3v) is 2.03. The molecule has 6 heteroatoms. The number of nitrogens with two attached hydrogens (primary N) is 1. The maximum absolute atomic E-state index is 13.4. The van der Waals surface area contributed by atoms with Crippen molar-refractivity contribution in [3.05, 3.63) is 42.2 Å². The molecule has 0 atom stereocenters. The van der Waals surface area contributed by atoms with E-state index in [2.05, 4.69) is 15.4 Å². The van der Waals surface area contributed by atoms with E-state index >= 15 is 0 Å². The first-order chi connectivity index (χ1) is 7.72. The molecule has 0 amide bonds. The van der Waals surface area contributed by atoms with Crippen molar-refractivity contribution in [2.24, 2.45) is 5.84 Å². The summed E-state index contributed by atoms with van der Waals surface area (Å²) >= 11 is 0. The summed E-state index contributed by atoms with van der Waals surface area (Å²) in [7, 11) is 0. The van der Waals surface area contributed by atoms with Gasteiger partial charge in [-0.15, -0.1) is 0 Å². The highest BCUT2D eigenvalue weighted by Gasteiger charge is 2.10. The number of hydrazine groups is 1. The largest absolute Gasteiger partial charge is 0.307 e. The summed E-state index contributed by atoms with van der Waals surface area (Å²) in [6, 6.07) is 3.88. The Balaban J connectivity index is 2.46. The number of aromatic nitrogens is 2. The Labute approximate surface area is 90.1 Å². The molecule has 0 saturated carbocycles. The van der Waals surface area contributed by atoms with Crippen LogP contribution in [0.4, 0.5) is 14.6 Å². The summed E-state index contributed by atoms with van der Waals surface area (Å²) < 4.78 is 26.3. The number of benzene rings is 1. The third kappa shape index (κ3) is 1.82. The fourth-order valence-electron chi connectivity index (χ4n) is 1.24. The van der Waals surface area contributed by atoms with E-state index in [0.717, 1.165) is 6.07 Å². The molecule has 0 saturated heterocycles. The second-order valence-electron chi connectivity index (χ2n) is 3.03. The fraction of sp³-hybridized carbons (Fsp3) is 0. The summed E-state index contributed by atoms with van der Waals surface area (Å²) in [5, 5.41) is 0. The van der Waals surface area contributed by atoms with Crippen LogP contribution in [-0.4, -0.2) is 9.97 Å². The molecule has 0 aliphatic rings. The van der Waals surface area contributed by atoms with Crippen LogP contribution in [0.1, 0.15) is 0 Å². The minimum Gasteiger partial charge on any atom is -0.307 e. The molecule has 3 N–H and O–H groups in total. The molecule has 16 heavy (non-hydrogen) atoms. The van der Waals surface area contributed by atoms with Gasteiger partial charge in [-0.3, -0.25) is 4.98 Å². The van der Waals surface area contributed by atoms with Gasteiger partial charge in [0.1, 0.15) is 0 Å². The molecule has 2 rings (SSSR count). The first-order valence-corrected chi connectivity index (χ1v) is 4.45. The van der Waals surface area contributed by atoms with Crippen molar-refractivity contribution in [1.29, 1.82) is 0 Å². The molecule has 1 heterocycles. The van der Waals surface area contributed by atoms with E-state index in [4.69, 9.17) is 5.84 Å². The molecule has 0 radical (unpaired) electrons. The van der Waals surface area contributed by atoms with Crippen LogP contribution in [0.3, 0.4) is 0 Å². The molecular formula is C10H8F2N4. The molecule has 0 fully saturated rings. The number of rotatable bonds is 2. The van der Waals surface area contributed by atoms with Gasteiger partial charge in [0.2, 0.25) is 0 Å². The second kappa shape index (κ2) is 4.19. The van der Waals surface area contributed by atoms with Gasteiger partial charge in [0.25, 0.3) is 0 Å². The van der Waals surface area contributed by atoms with Crippen LogP contribution in [-0.2, 0) is 0 Å². The summed E-state index contributed by atoms with van der Waals surface area (Å²) in [5.74, 6) is 3.60. The molecule has 1 aromatic heterocycles. The SMILES string of the molecule is NNc1cnc(-c2cccc(F)c2F)cn1. The van der Waals surface area contributed by atoms with Crippen LogP contribution in [0.25, 0.3) is 11.3 Å². The molecule has 0 spiro atoms. The highest BCUT2D eigenvalue weighted by Crippen LogP contribution is 2.22. The first-order valence-electron chi connectivity index (χ1n) is 4.45. The van der Waals surface area contributed by atoms with Gasteiger partial charge in [-0.25, -0.2) is 19.6 Å². The normalized spacial score (nSPS) is 10.2. The molecule has 2 aromatic rings. The summed E-state index contributed by atoms with van der Waals surface area (Å²) in [6.07, 6.45) is 2.65. The predicted molar refractivity (Wildman–Crippen MR) is 55.2 cm³/mol. The molecule has 0 bridgehead atoms. The zero-order valence-electron chi connectivity index (χ0n) is 8.11. The molecule has 82 valence electrons. The minimum absolute atomic E-state index is 0.0658. The van der Waals surface area contributed by atoms with Crippen molar-refractivity contribution in [2.75, 3.05) is 5.43 Å². The standard InChI is InChI=1S/C10H8F2N4/c11-7-3-1-2-6(10(7)12)8-4-15-9(16-13)5-14-8/h1-5H,13H2,(H,15,16). The van der Waals surface area contributed by atoms with Crippen LogP contribution in [0.5, 0.6) is 0 Å². The predicted octanol–water partition coefficient (Wildman–Crippen LogP) is 1.71. The Morgan fingerprint density at radius 3 is 2.56 bits per heavy atom. The van der Waals surface area contributed by atoms with E-state index in [1.165, 1.54) is 24.5 Å². The Bertz CT molecular complexity index is 499. The van der Waals surface area contributed by atoms with E-state index in [1.807, 2.05) is 0 Å². The maximum atomic E-state index is 13.4. The van der Waals surface area contributed by atoms with Crippen molar-refractivity contribution in [1.82, 2.24) is 9.97 Å². The third-order valence-electron chi connectivity index (χ3n) is 2.03. The monoisotopic (exact) mass is 222 g/mol. The van der Waals surface area contributed by atoms with Crippen LogP contribution in [0, 0.1) is 11.6 Å². The molecule has 0 aliphatic carbocycles. The van der Waals surface area contributed by atoms with Crippen molar-refractivity contribution in [3.8, 4) is 11.3 Å². The van der Waals surface area contributed by atoms with Gasteiger partial charge in [0, 0.05) is 5.56 Å². The second-order valence-corrected chi connectivity index (χ2v) is 3.03. The lowest BCUT2D eigenvalue weighted by Crippen LogP contribution is -2.08. The van der Waals surface area contributed by atoms with Gasteiger partial charge in [-0.1, -0.05) is 6.07 Å². The van der Waals surface area contributed by atoms with Crippen molar-refractivity contribution in [3.63, 3.8) is 0 Å². The molecular weight excluding hydrogens is 214 g/mol. The van der Waals surface area contributed by atoms with Gasteiger partial charge in [-0.2, -0.15) is 0 Å². The fourth-order valence-corrected chi connectivity index (χ4v) is 1.24. The van der Waals surface area contributed by atoms with E-state index in [1.54, 1.807) is 0 Å². The summed E-state index contributed by atoms with van der Waals surface area (Å²) in [6.45, 7) is 0. The lowest BCUT2D eigenvalue weighted by atomic mass is 10.1. The quantitative estimate of drug-likeness (QED) is 0.599. The Morgan fingerprint density at radius 2 is 1.94 bits per heavy atom. The van der Waals surface area contributed by atoms with Crippen molar-refractivity contribution in [2.45, 2.75) is 0 Å². The topological polar surface area (TPSA) is 63.8 Å². The molecule has 0 aliphatic heterocycles. The highest BCUT2D eigenvalue weighted by molar-refractivity contribution is 5.59. The number of nitrogens with zero attached hydrogens (tertiary/aromatic N) is 2. The average molecular weight is 222 g/mol. The lowest BCUT2D eigenvalue weighted by Gasteiger charge is -2.03. The Hall–Kier alpha value is -2.08. The van der Waals surface area contributed by atoms with Gasteiger partial charge in [0.05, 0.1) is 18.1 Å². The molecule has 4 nitrogen and oxygen atoms in total.